The minimum absolute atomic E-state index is 0.0569. The molecule has 2 unspecified atom stereocenters. The van der Waals surface area contributed by atoms with Gasteiger partial charge in [-0.05, 0) is 97.3 Å². The molecule has 2 fully saturated rings. The molecule has 120 valence electrons. The van der Waals surface area contributed by atoms with Gasteiger partial charge in [-0.2, -0.15) is 0 Å². The van der Waals surface area contributed by atoms with E-state index in [9.17, 15) is 5.11 Å². The SMILES string of the molecule is Cc1ccc2c(c1C)CCC1C3C[C@H](O)C[C@]3(C)CC[C@@]21C. The molecule has 1 nitrogen and oxygen atoms in total. The van der Waals surface area contributed by atoms with Gasteiger partial charge in [0.25, 0.3) is 0 Å². The maximum absolute atomic E-state index is 10.3. The van der Waals surface area contributed by atoms with E-state index >= 15 is 0 Å². The summed E-state index contributed by atoms with van der Waals surface area (Å²) in [5.74, 6) is 1.48. The van der Waals surface area contributed by atoms with Crippen LogP contribution < -0.4 is 0 Å². The Morgan fingerprint density at radius 2 is 1.86 bits per heavy atom. The van der Waals surface area contributed by atoms with Crippen LogP contribution in [0.5, 0.6) is 0 Å². The zero-order valence-corrected chi connectivity index (χ0v) is 14.6. The van der Waals surface area contributed by atoms with Crippen molar-refractivity contribution in [2.45, 2.75) is 77.7 Å². The van der Waals surface area contributed by atoms with Gasteiger partial charge in [-0.15, -0.1) is 0 Å². The van der Waals surface area contributed by atoms with Gasteiger partial charge in [0.05, 0.1) is 6.10 Å². The van der Waals surface area contributed by atoms with E-state index in [4.69, 9.17) is 0 Å². The van der Waals surface area contributed by atoms with Crippen molar-refractivity contribution in [2.75, 3.05) is 0 Å². The molecule has 1 heteroatoms. The van der Waals surface area contributed by atoms with Gasteiger partial charge >= 0.3 is 0 Å². The Hall–Kier alpha value is -0.820. The molecular formula is C21H30O. The zero-order chi connectivity index (χ0) is 15.7. The second kappa shape index (κ2) is 4.60. The molecule has 0 aromatic heterocycles. The first-order valence-corrected chi connectivity index (χ1v) is 9.13. The predicted molar refractivity (Wildman–Crippen MR) is 91.2 cm³/mol. The first-order chi connectivity index (χ1) is 10.3. The highest BCUT2D eigenvalue weighted by molar-refractivity contribution is 5.46. The van der Waals surface area contributed by atoms with Crippen LogP contribution in [0.4, 0.5) is 0 Å². The molecule has 4 rings (SSSR count). The molecule has 22 heavy (non-hydrogen) atoms. The summed E-state index contributed by atoms with van der Waals surface area (Å²) in [7, 11) is 0. The Bertz CT molecular complexity index is 619. The number of fused-ring (bicyclic) bond motifs is 5. The minimum Gasteiger partial charge on any atom is -0.393 e. The first-order valence-electron chi connectivity index (χ1n) is 9.13. The number of aryl methyl sites for hydroxylation is 1. The van der Waals surface area contributed by atoms with E-state index < -0.39 is 0 Å². The summed E-state index contributed by atoms with van der Waals surface area (Å²) in [5.41, 5.74) is 6.96. The third kappa shape index (κ3) is 1.81. The third-order valence-corrected chi connectivity index (χ3v) is 7.83. The topological polar surface area (TPSA) is 20.2 Å². The third-order valence-electron chi connectivity index (χ3n) is 7.83. The Kier molecular flexibility index (Phi) is 3.08. The summed E-state index contributed by atoms with van der Waals surface area (Å²) < 4.78 is 0. The van der Waals surface area contributed by atoms with Gasteiger partial charge in [0.2, 0.25) is 0 Å². The molecule has 0 saturated heterocycles. The van der Waals surface area contributed by atoms with Crippen LogP contribution in [-0.2, 0) is 11.8 Å². The van der Waals surface area contributed by atoms with E-state index in [1.54, 1.807) is 11.1 Å². The Balaban J connectivity index is 1.80. The van der Waals surface area contributed by atoms with Gasteiger partial charge < -0.3 is 5.11 Å². The molecule has 2 saturated carbocycles. The van der Waals surface area contributed by atoms with Gasteiger partial charge in [0, 0.05) is 0 Å². The number of benzene rings is 1. The molecule has 0 heterocycles. The highest BCUT2D eigenvalue weighted by atomic mass is 16.3. The van der Waals surface area contributed by atoms with Crippen LogP contribution in [0.15, 0.2) is 12.1 Å². The van der Waals surface area contributed by atoms with Crippen molar-refractivity contribution in [3.05, 3.63) is 34.4 Å². The van der Waals surface area contributed by atoms with Crippen molar-refractivity contribution in [1.82, 2.24) is 0 Å². The molecule has 0 aliphatic heterocycles. The van der Waals surface area contributed by atoms with Crippen molar-refractivity contribution in [3.8, 4) is 0 Å². The predicted octanol–water partition coefficient (Wildman–Crippen LogP) is 4.69. The van der Waals surface area contributed by atoms with Crippen LogP contribution in [0.2, 0.25) is 0 Å². The van der Waals surface area contributed by atoms with Crippen molar-refractivity contribution >= 4 is 0 Å². The molecule has 1 N–H and O–H groups in total. The number of rotatable bonds is 0. The average Bonchev–Trinajstić information content (AvgIpc) is 2.77. The number of hydrogen-bond acceptors (Lipinski definition) is 1. The summed E-state index contributed by atoms with van der Waals surface area (Å²) >= 11 is 0. The quantitative estimate of drug-likeness (QED) is 0.736. The lowest BCUT2D eigenvalue weighted by Crippen LogP contribution is -2.49. The fourth-order valence-corrected chi connectivity index (χ4v) is 6.35. The lowest BCUT2D eigenvalue weighted by molar-refractivity contribution is 0.0140. The lowest BCUT2D eigenvalue weighted by Gasteiger charge is -2.55. The van der Waals surface area contributed by atoms with Crippen molar-refractivity contribution < 1.29 is 5.11 Å². The standard InChI is InChI=1S/C21H30O/c1-13-5-7-17-16(14(13)2)6-8-18-19-11-15(22)12-20(19,3)9-10-21(17,18)4/h5,7,15,18-19,22H,6,8-12H2,1-4H3/t15-,18?,19?,20-,21-/m0/s1. The van der Waals surface area contributed by atoms with Crippen molar-refractivity contribution in [1.29, 1.82) is 0 Å². The van der Waals surface area contributed by atoms with Crippen molar-refractivity contribution in [3.63, 3.8) is 0 Å². The lowest BCUT2D eigenvalue weighted by atomic mass is 9.49. The van der Waals surface area contributed by atoms with Crippen LogP contribution in [0, 0.1) is 31.1 Å². The van der Waals surface area contributed by atoms with E-state index in [0.29, 0.717) is 10.8 Å². The van der Waals surface area contributed by atoms with E-state index in [1.165, 1.54) is 36.8 Å². The molecule has 0 bridgehead atoms. The molecule has 0 spiro atoms. The van der Waals surface area contributed by atoms with Crippen LogP contribution in [0.1, 0.15) is 68.2 Å². The van der Waals surface area contributed by atoms with Gasteiger partial charge in [0.15, 0.2) is 0 Å². The van der Waals surface area contributed by atoms with E-state index in [2.05, 4.69) is 39.8 Å². The Labute approximate surface area is 135 Å². The minimum atomic E-state index is -0.0569. The molecule has 0 amide bonds. The van der Waals surface area contributed by atoms with Crippen molar-refractivity contribution in [2.24, 2.45) is 17.3 Å². The van der Waals surface area contributed by atoms with Crippen LogP contribution >= 0.6 is 0 Å². The van der Waals surface area contributed by atoms with E-state index in [-0.39, 0.29) is 6.10 Å². The molecule has 1 aromatic carbocycles. The van der Waals surface area contributed by atoms with E-state index in [1.807, 2.05) is 0 Å². The highest BCUT2D eigenvalue weighted by Crippen LogP contribution is 2.63. The van der Waals surface area contributed by atoms with Gasteiger partial charge in [-0.1, -0.05) is 26.0 Å². The largest absolute Gasteiger partial charge is 0.393 e. The Morgan fingerprint density at radius 1 is 1.09 bits per heavy atom. The zero-order valence-electron chi connectivity index (χ0n) is 14.6. The maximum atomic E-state index is 10.3. The normalized spacial score (nSPS) is 43.4. The molecule has 3 aliphatic carbocycles. The summed E-state index contributed by atoms with van der Waals surface area (Å²) in [6.45, 7) is 9.53. The molecular weight excluding hydrogens is 268 g/mol. The fraction of sp³-hybridized carbons (Fsp3) is 0.714. The smallest absolute Gasteiger partial charge is 0.0548 e. The van der Waals surface area contributed by atoms with Gasteiger partial charge in [0.1, 0.15) is 0 Å². The number of aliphatic hydroxyl groups excluding tert-OH is 1. The number of aliphatic hydroxyl groups is 1. The van der Waals surface area contributed by atoms with E-state index in [0.717, 1.165) is 24.7 Å². The summed E-state index contributed by atoms with van der Waals surface area (Å²) in [4.78, 5) is 0. The Morgan fingerprint density at radius 3 is 2.64 bits per heavy atom. The second-order valence-electron chi connectivity index (χ2n) is 8.95. The van der Waals surface area contributed by atoms with Crippen LogP contribution in [-0.4, -0.2) is 11.2 Å². The fourth-order valence-electron chi connectivity index (χ4n) is 6.35. The van der Waals surface area contributed by atoms with Gasteiger partial charge in [-0.25, -0.2) is 0 Å². The first kappa shape index (κ1) is 14.8. The molecule has 0 radical (unpaired) electrons. The molecule has 1 aromatic rings. The summed E-state index contributed by atoms with van der Waals surface area (Å²) in [6, 6.07) is 4.76. The molecule has 5 atom stereocenters. The molecule has 3 aliphatic rings. The summed E-state index contributed by atoms with van der Waals surface area (Å²) in [5, 5.41) is 10.3. The second-order valence-corrected chi connectivity index (χ2v) is 8.95. The average molecular weight is 298 g/mol. The monoisotopic (exact) mass is 298 g/mol. The maximum Gasteiger partial charge on any atom is 0.0548 e. The summed E-state index contributed by atoms with van der Waals surface area (Å²) in [6.07, 6.45) is 7.16. The highest BCUT2D eigenvalue weighted by Gasteiger charge is 2.57. The van der Waals surface area contributed by atoms with Crippen LogP contribution in [0.25, 0.3) is 0 Å². The van der Waals surface area contributed by atoms with Gasteiger partial charge in [-0.3, -0.25) is 0 Å². The van der Waals surface area contributed by atoms with Crippen LogP contribution in [0.3, 0.4) is 0 Å². The number of hydrogen-bond donors (Lipinski definition) is 1.